The molecule has 0 radical (unpaired) electrons. The summed E-state index contributed by atoms with van der Waals surface area (Å²) in [5.41, 5.74) is 2.95. The number of benzene rings is 2. The third-order valence-electron chi connectivity index (χ3n) is 3.18. The number of ether oxygens (including phenoxy) is 1. The lowest BCUT2D eigenvalue weighted by atomic mass is 10.1. The zero-order valence-corrected chi connectivity index (χ0v) is 12.3. The molecule has 110 valence electrons. The van der Waals surface area contributed by atoms with E-state index in [2.05, 4.69) is 16.7 Å². The quantitative estimate of drug-likeness (QED) is 0.659. The highest BCUT2D eigenvalue weighted by atomic mass is 16.5. The summed E-state index contributed by atoms with van der Waals surface area (Å²) in [6.45, 7) is 6.14. The fourth-order valence-electron chi connectivity index (χ4n) is 2.03. The van der Waals surface area contributed by atoms with Crippen molar-refractivity contribution in [1.29, 1.82) is 0 Å². The number of hydrogen-bond acceptors (Lipinski definition) is 4. The van der Waals surface area contributed by atoms with Gasteiger partial charge in [0.05, 0.1) is 0 Å². The van der Waals surface area contributed by atoms with E-state index in [-0.39, 0.29) is 0 Å². The van der Waals surface area contributed by atoms with Crippen LogP contribution in [-0.2, 0) is 0 Å². The van der Waals surface area contributed by atoms with Gasteiger partial charge in [0.15, 0.2) is 0 Å². The smallest absolute Gasteiger partial charge is 0.258 e. The summed E-state index contributed by atoms with van der Waals surface area (Å²) < 4.78 is 10.9. The monoisotopic (exact) mass is 292 g/mol. The second-order valence-electron chi connectivity index (χ2n) is 4.92. The first kappa shape index (κ1) is 14.1. The highest BCUT2D eigenvalue weighted by molar-refractivity contribution is 5.61. The van der Waals surface area contributed by atoms with Crippen LogP contribution in [0.2, 0.25) is 0 Å². The lowest BCUT2D eigenvalue weighted by Gasteiger charge is -2.03. The molecule has 4 nitrogen and oxygen atoms in total. The van der Waals surface area contributed by atoms with Crippen molar-refractivity contribution in [3.8, 4) is 28.6 Å². The summed E-state index contributed by atoms with van der Waals surface area (Å²) >= 11 is 0. The summed E-state index contributed by atoms with van der Waals surface area (Å²) in [6.07, 6.45) is 1.70. The van der Waals surface area contributed by atoms with E-state index in [9.17, 15) is 0 Å². The Kier molecular flexibility index (Phi) is 4.01. The molecule has 4 heteroatoms. The van der Waals surface area contributed by atoms with E-state index in [1.54, 1.807) is 6.08 Å². The Hall–Kier alpha value is -2.88. The summed E-state index contributed by atoms with van der Waals surface area (Å²) in [6, 6.07) is 15.6. The predicted octanol–water partition coefficient (Wildman–Crippen LogP) is 4.28. The summed E-state index contributed by atoms with van der Waals surface area (Å²) in [5, 5.41) is 4.04. The molecule has 0 aliphatic heterocycles. The van der Waals surface area contributed by atoms with Crippen molar-refractivity contribution < 1.29 is 9.26 Å². The van der Waals surface area contributed by atoms with Gasteiger partial charge in [-0.2, -0.15) is 4.98 Å². The number of rotatable bonds is 5. The van der Waals surface area contributed by atoms with Crippen molar-refractivity contribution in [1.82, 2.24) is 10.1 Å². The van der Waals surface area contributed by atoms with E-state index in [1.807, 2.05) is 55.5 Å². The first-order valence-corrected chi connectivity index (χ1v) is 7.01. The molecule has 0 unspecified atom stereocenters. The van der Waals surface area contributed by atoms with Crippen LogP contribution in [0.3, 0.4) is 0 Å². The van der Waals surface area contributed by atoms with Gasteiger partial charge >= 0.3 is 0 Å². The minimum absolute atomic E-state index is 0.463. The van der Waals surface area contributed by atoms with E-state index >= 15 is 0 Å². The van der Waals surface area contributed by atoms with Crippen molar-refractivity contribution in [2.75, 3.05) is 6.61 Å². The van der Waals surface area contributed by atoms with Crippen molar-refractivity contribution in [3.05, 3.63) is 66.7 Å². The van der Waals surface area contributed by atoms with Crippen molar-refractivity contribution in [2.45, 2.75) is 6.92 Å². The standard InChI is InChI=1S/C18H16N2O2/c1-3-11-21-16-6-4-5-15(12-16)17-19-18(22-20-17)14-9-7-13(2)8-10-14/h3-10,12H,1,11H2,2H3. The fourth-order valence-corrected chi connectivity index (χ4v) is 2.03. The molecule has 2 aromatic carbocycles. The Labute approximate surface area is 129 Å². The maximum atomic E-state index is 5.52. The van der Waals surface area contributed by atoms with E-state index in [0.29, 0.717) is 18.3 Å². The fraction of sp³-hybridized carbons (Fsp3) is 0.111. The Morgan fingerprint density at radius 3 is 2.73 bits per heavy atom. The molecule has 0 saturated carbocycles. The van der Waals surface area contributed by atoms with Crippen LogP contribution in [0.1, 0.15) is 5.56 Å². The van der Waals surface area contributed by atoms with Crippen LogP contribution < -0.4 is 4.74 Å². The van der Waals surface area contributed by atoms with Gasteiger partial charge in [0, 0.05) is 11.1 Å². The van der Waals surface area contributed by atoms with Gasteiger partial charge in [-0.25, -0.2) is 0 Å². The topological polar surface area (TPSA) is 48.2 Å². The normalized spacial score (nSPS) is 10.4. The molecule has 0 aliphatic carbocycles. The van der Waals surface area contributed by atoms with Crippen LogP contribution in [0.25, 0.3) is 22.8 Å². The minimum atomic E-state index is 0.463. The zero-order valence-electron chi connectivity index (χ0n) is 12.3. The molecule has 0 N–H and O–H groups in total. The highest BCUT2D eigenvalue weighted by Gasteiger charge is 2.11. The van der Waals surface area contributed by atoms with Gasteiger partial charge < -0.3 is 9.26 Å². The van der Waals surface area contributed by atoms with Crippen molar-refractivity contribution in [3.63, 3.8) is 0 Å². The Morgan fingerprint density at radius 2 is 1.95 bits per heavy atom. The SMILES string of the molecule is C=CCOc1cccc(-c2noc(-c3ccc(C)cc3)n2)c1. The molecule has 1 heterocycles. The Bertz CT molecular complexity index is 776. The van der Waals surface area contributed by atoms with Crippen molar-refractivity contribution in [2.24, 2.45) is 0 Å². The largest absolute Gasteiger partial charge is 0.490 e. The van der Waals surface area contributed by atoms with Crippen LogP contribution >= 0.6 is 0 Å². The minimum Gasteiger partial charge on any atom is -0.490 e. The predicted molar refractivity (Wildman–Crippen MR) is 85.6 cm³/mol. The highest BCUT2D eigenvalue weighted by Crippen LogP contribution is 2.25. The maximum Gasteiger partial charge on any atom is 0.258 e. The van der Waals surface area contributed by atoms with Gasteiger partial charge in [0.2, 0.25) is 5.82 Å². The third kappa shape index (κ3) is 3.06. The summed E-state index contributed by atoms with van der Waals surface area (Å²) in [4.78, 5) is 4.45. The van der Waals surface area contributed by atoms with Crippen LogP contribution in [0.5, 0.6) is 5.75 Å². The van der Waals surface area contributed by atoms with Gasteiger partial charge in [-0.05, 0) is 31.2 Å². The Balaban J connectivity index is 1.87. The molecular weight excluding hydrogens is 276 g/mol. The average Bonchev–Trinajstić information content (AvgIpc) is 3.04. The van der Waals surface area contributed by atoms with E-state index in [1.165, 1.54) is 5.56 Å². The molecule has 3 aromatic rings. The van der Waals surface area contributed by atoms with Crippen LogP contribution in [0, 0.1) is 6.92 Å². The Morgan fingerprint density at radius 1 is 1.14 bits per heavy atom. The van der Waals surface area contributed by atoms with Gasteiger partial charge in [-0.1, -0.05) is 47.6 Å². The third-order valence-corrected chi connectivity index (χ3v) is 3.18. The average molecular weight is 292 g/mol. The summed E-state index contributed by atoms with van der Waals surface area (Å²) in [7, 11) is 0. The molecule has 0 bridgehead atoms. The molecule has 0 saturated heterocycles. The molecule has 0 amide bonds. The molecule has 3 rings (SSSR count). The lowest BCUT2D eigenvalue weighted by molar-refractivity contribution is 0.363. The zero-order chi connectivity index (χ0) is 15.4. The van der Waals surface area contributed by atoms with E-state index < -0.39 is 0 Å². The first-order chi connectivity index (χ1) is 10.8. The number of aryl methyl sites for hydroxylation is 1. The van der Waals surface area contributed by atoms with E-state index in [0.717, 1.165) is 16.9 Å². The molecule has 0 fully saturated rings. The first-order valence-electron chi connectivity index (χ1n) is 7.01. The molecule has 22 heavy (non-hydrogen) atoms. The second kappa shape index (κ2) is 6.26. The molecule has 0 atom stereocenters. The van der Waals surface area contributed by atoms with Gasteiger partial charge in [0.1, 0.15) is 12.4 Å². The molecule has 1 aromatic heterocycles. The van der Waals surface area contributed by atoms with Crippen LogP contribution in [0.15, 0.2) is 65.7 Å². The molecule has 0 aliphatic rings. The number of nitrogens with zero attached hydrogens (tertiary/aromatic N) is 2. The van der Waals surface area contributed by atoms with Gasteiger partial charge in [0.25, 0.3) is 5.89 Å². The van der Waals surface area contributed by atoms with Crippen LogP contribution in [0.4, 0.5) is 0 Å². The molecular formula is C18H16N2O2. The maximum absolute atomic E-state index is 5.52. The lowest BCUT2D eigenvalue weighted by Crippen LogP contribution is -1.92. The van der Waals surface area contributed by atoms with Crippen LogP contribution in [-0.4, -0.2) is 16.7 Å². The summed E-state index contributed by atoms with van der Waals surface area (Å²) in [5.74, 6) is 1.80. The van der Waals surface area contributed by atoms with Gasteiger partial charge in [-0.3, -0.25) is 0 Å². The molecule has 0 spiro atoms. The van der Waals surface area contributed by atoms with Gasteiger partial charge in [-0.15, -0.1) is 0 Å². The van der Waals surface area contributed by atoms with Crippen molar-refractivity contribution >= 4 is 0 Å². The number of hydrogen-bond donors (Lipinski definition) is 0. The van der Waals surface area contributed by atoms with E-state index in [4.69, 9.17) is 9.26 Å². The second-order valence-corrected chi connectivity index (χ2v) is 4.92. The number of aromatic nitrogens is 2.